The summed E-state index contributed by atoms with van der Waals surface area (Å²) in [7, 11) is -3.32. The molecule has 1 fully saturated rings. The Morgan fingerprint density at radius 3 is 2.23 bits per heavy atom. The minimum atomic E-state index is -3.32. The van der Waals surface area contributed by atoms with Gasteiger partial charge in [-0.3, -0.25) is 0 Å². The Morgan fingerprint density at radius 2 is 1.74 bits per heavy atom. The summed E-state index contributed by atoms with van der Waals surface area (Å²) in [6, 6.07) is 6.91. The van der Waals surface area contributed by atoms with Crippen molar-refractivity contribution < 1.29 is 22.3 Å². The second kappa shape index (κ2) is 10.3. The maximum atomic E-state index is 14.7. The van der Waals surface area contributed by atoms with Crippen molar-refractivity contribution >= 4 is 15.7 Å². The molecule has 2 aromatic rings. The van der Waals surface area contributed by atoms with Crippen LogP contribution in [0, 0.1) is 5.82 Å². The quantitative estimate of drug-likeness (QED) is 0.627. The number of piperidine rings is 1. The van der Waals surface area contributed by atoms with E-state index in [9.17, 15) is 12.8 Å². The lowest BCUT2D eigenvalue weighted by Gasteiger charge is -2.36. The van der Waals surface area contributed by atoms with Crippen molar-refractivity contribution in [2.24, 2.45) is 0 Å². The molecule has 31 heavy (non-hydrogen) atoms. The van der Waals surface area contributed by atoms with Gasteiger partial charge < -0.3 is 19.7 Å². The molecule has 0 aliphatic carbocycles. The number of nitrogens with zero attached hydrogens (tertiary/aromatic N) is 2. The number of sulfone groups is 1. The van der Waals surface area contributed by atoms with Crippen molar-refractivity contribution in [2.45, 2.75) is 44.2 Å². The van der Waals surface area contributed by atoms with E-state index in [1.807, 2.05) is 0 Å². The van der Waals surface area contributed by atoms with Gasteiger partial charge in [0.25, 0.3) is 0 Å². The molecule has 1 aliphatic rings. The SMILES string of the molecule is CCOc1cc(CN(c2ccc(S(C)(=O)=O)cn2)C2CCNCC2)cc(OCC)c1F. The highest BCUT2D eigenvalue weighted by atomic mass is 32.2. The molecule has 0 saturated carbocycles. The normalized spacial score (nSPS) is 15.0. The molecule has 0 radical (unpaired) electrons. The third-order valence-electron chi connectivity index (χ3n) is 5.21. The van der Waals surface area contributed by atoms with Gasteiger partial charge in [-0.15, -0.1) is 0 Å². The van der Waals surface area contributed by atoms with Gasteiger partial charge in [0, 0.05) is 25.0 Å². The monoisotopic (exact) mass is 451 g/mol. The number of anilines is 1. The van der Waals surface area contributed by atoms with Crippen molar-refractivity contribution in [1.29, 1.82) is 0 Å². The van der Waals surface area contributed by atoms with E-state index in [1.54, 1.807) is 38.1 Å². The molecule has 0 amide bonds. The number of pyridine rings is 1. The van der Waals surface area contributed by atoms with Gasteiger partial charge in [0.05, 0.1) is 18.1 Å². The summed E-state index contributed by atoms with van der Waals surface area (Å²) in [5.74, 6) is 0.499. The number of hydrogen-bond donors (Lipinski definition) is 1. The van der Waals surface area contributed by atoms with E-state index in [1.165, 1.54) is 6.20 Å². The van der Waals surface area contributed by atoms with E-state index in [4.69, 9.17) is 9.47 Å². The Kier molecular flexibility index (Phi) is 7.72. The van der Waals surface area contributed by atoms with E-state index in [0.29, 0.717) is 25.6 Å². The summed E-state index contributed by atoms with van der Waals surface area (Å²) in [6.45, 7) is 6.55. The van der Waals surface area contributed by atoms with Gasteiger partial charge in [0.15, 0.2) is 21.3 Å². The summed E-state index contributed by atoms with van der Waals surface area (Å²) in [4.78, 5) is 6.77. The molecule has 0 spiro atoms. The van der Waals surface area contributed by atoms with Crippen molar-refractivity contribution in [3.8, 4) is 11.5 Å². The lowest BCUT2D eigenvalue weighted by molar-refractivity contribution is 0.291. The number of nitrogens with one attached hydrogen (secondary N) is 1. The number of halogens is 1. The molecule has 9 heteroatoms. The first-order chi connectivity index (χ1) is 14.8. The molecule has 2 heterocycles. The molecule has 170 valence electrons. The van der Waals surface area contributed by atoms with Gasteiger partial charge in [0.1, 0.15) is 5.82 Å². The van der Waals surface area contributed by atoms with E-state index < -0.39 is 15.7 Å². The summed E-state index contributed by atoms with van der Waals surface area (Å²) in [5, 5.41) is 3.36. The highest BCUT2D eigenvalue weighted by Gasteiger charge is 2.24. The second-order valence-corrected chi connectivity index (χ2v) is 9.52. The fraction of sp³-hybridized carbons (Fsp3) is 0.500. The van der Waals surface area contributed by atoms with Crippen LogP contribution in [-0.4, -0.2) is 52.0 Å². The fourth-order valence-corrected chi connectivity index (χ4v) is 4.27. The molecule has 0 bridgehead atoms. The van der Waals surface area contributed by atoms with Crippen LogP contribution in [0.1, 0.15) is 32.3 Å². The Morgan fingerprint density at radius 1 is 1.13 bits per heavy atom. The number of aromatic nitrogens is 1. The zero-order valence-electron chi connectivity index (χ0n) is 18.2. The summed E-state index contributed by atoms with van der Waals surface area (Å²) >= 11 is 0. The first-order valence-corrected chi connectivity index (χ1v) is 12.4. The van der Waals surface area contributed by atoms with Crippen LogP contribution in [0.25, 0.3) is 0 Å². The molecule has 0 unspecified atom stereocenters. The lowest BCUT2D eigenvalue weighted by atomic mass is 10.0. The first kappa shape index (κ1) is 23.3. The predicted octanol–water partition coefficient (Wildman–Crippen LogP) is 3.18. The largest absolute Gasteiger partial charge is 0.491 e. The molecular weight excluding hydrogens is 421 g/mol. The number of rotatable bonds is 9. The highest BCUT2D eigenvalue weighted by Crippen LogP contribution is 2.31. The molecule has 0 atom stereocenters. The van der Waals surface area contributed by atoms with E-state index >= 15 is 0 Å². The van der Waals surface area contributed by atoms with Gasteiger partial charge in [0.2, 0.25) is 5.82 Å². The van der Waals surface area contributed by atoms with Crippen LogP contribution in [-0.2, 0) is 16.4 Å². The zero-order chi connectivity index (χ0) is 22.4. The van der Waals surface area contributed by atoms with Crippen LogP contribution in [0.4, 0.5) is 10.2 Å². The standard InChI is InChI=1S/C22H30FN3O4S/c1-4-29-19-12-16(13-20(22(19)23)30-5-2)15-26(17-8-10-24-11-9-17)21-7-6-18(14-25-21)31(3,27)28/h6-7,12-14,17,24H,4-5,8-11,15H2,1-3H3. The smallest absolute Gasteiger partial charge is 0.206 e. The predicted molar refractivity (Wildman–Crippen MR) is 118 cm³/mol. The Labute approximate surface area is 183 Å². The van der Waals surface area contributed by atoms with Gasteiger partial charge in [-0.2, -0.15) is 4.39 Å². The topological polar surface area (TPSA) is 80.8 Å². The minimum absolute atomic E-state index is 0.161. The summed E-state index contributed by atoms with van der Waals surface area (Å²) in [5.41, 5.74) is 0.834. The zero-order valence-corrected chi connectivity index (χ0v) is 19.0. The molecule has 1 aliphatic heterocycles. The minimum Gasteiger partial charge on any atom is -0.491 e. The van der Waals surface area contributed by atoms with Crippen LogP contribution in [0.2, 0.25) is 0 Å². The van der Waals surface area contributed by atoms with Gasteiger partial charge in [-0.05, 0) is 69.6 Å². The Hall–Kier alpha value is -2.39. The first-order valence-electron chi connectivity index (χ1n) is 10.5. The van der Waals surface area contributed by atoms with Crippen LogP contribution in [0.3, 0.4) is 0 Å². The Balaban J connectivity index is 1.97. The van der Waals surface area contributed by atoms with Crippen molar-refractivity contribution in [3.05, 3.63) is 41.8 Å². The maximum absolute atomic E-state index is 14.7. The number of ether oxygens (including phenoxy) is 2. The molecular formula is C22H30FN3O4S. The third kappa shape index (κ3) is 5.86. The molecule has 1 aromatic heterocycles. The summed E-state index contributed by atoms with van der Waals surface area (Å²) < 4.78 is 49.2. The molecule has 1 N–H and O–H groups in total. The highest BCUT2D eigenvalue weighted by molar-refractivity contribution is 7.90. The molecule has 3 rings (SSSR count). The average Bonchev–Trinajstić information content (AvgIpc) is 2.75. The van der Waals surface area contributed by atoms with Gasteiger partial charge in [-0.1, -0.05) is 0 Å². The van der Waals surface area contributed by atoms with Crippen LogP contribution < -0.4 is 19.7 Å². The van der Waals surface area contributed by atoms with Crippen molar-refractivity contribution in [1.82, 2.24) is 10.3 Å². The van der Waals surface area contributed by atoms with Crippen molar-refractivity contribution in [3.63, 3.8) is 0 Å². The van der Waals surface area contributed by atoms with Crippen LogP contribution >= 0.6 is 0 Å². The van der Waals surface area contributed by atoms with E-state index in [2.05, 4.69) is 15.2 Å². The van der Waals surface area contributed by atoms with Gasteiger partial charge in [-0.25, -0.2) is 13.4 Å². The van der Waals surface area contributed by atoms with Crippen LogP contribution in [0.15, 0.2) is 35.4 Å². The Bertz CT molecular complexity index is 950. The fourth-order valence-electron chi connectivity index (χ4n) is 3.71. The van der Waals surface area contributed by atoms with E-state index in [-0.39, 0.29) is 22.4 Å². The second-order valence-electron chi connectivity index (χ2n) is 7.51. The molecule has 1 aromatic carbocycles. The molecule has 7 nitrogen and oxygen atoms in total. The average molecular weight is 452 g/mol. The third-order valence-corrected chi connectivity index (χ3v) is 6.31. The maximum Gasteiger partial charge on any atom is 0.206 e. The number of hydrogen-bond acceptors (Lipinski definition) is 7. The molecule has 1 saturated heterocycles. The van der Waals surface area contributed by atoms with E-state index in [0.717, 1.165) is 37.8 Å². The lowest BCUT2D eigenvalue weighted by Crippen LogP contribution is -2.43. The number of benzene rings is 1. The van der Waals surface area contributed by atoms with Crippen molar-refractivity contribution in [2.75, 3.05) is 37.5 Å². The summed E-state index contributed by atoms with van der Waals surface area (Å²) in [6.07, 6.45) is 4.40. The van der Waals surface area contributed by atoms with Crippen LogP contribution in [0.5, 0.6) is 11.5 Å². The van der Waals surface area contributed by atoms with Gasteiger partial charge >= 0.3 is 0 Å².